The van der Waals surface area contributed by atoms with Crippen LogP contribution < -0.4 is 10.6 Å². The minimum Gasteiger partial charge on any atom is -0.379 e. The van der Waals surface area contributed by atoms with E-state index in [9.17, 15) is 4.79 Å². The molecule has 0 atom stereocenters. The molecule has 0 aliphatic carbocycles. The molecule has 1 aliphatic rings. The second-order valence-electron chi connectivity index (χ2n) is 8.06. The number of benzene rings is 1. The molecule has 0 bridgehead atoms. The molecule has 1 fully saturated rings. The summed E-state index contributed by atoms with van der Waals surface area (Å²) >= 11 is 0. The van der Waals surface area contributed by atoms with Crippen molar-refractivity contribution in [1.82, 2.24) is 15.2 Å². The third-order valence-corrected chi connectivity index (χ3v) is 4.82. The van der Waals surface area contributed by atoms with Gasteiger partial charge in [0.2, 0.25) is 0 Å². The number of hydrogen-bond acceptors (Lipinski definition) is 5. The van der Waals surface area contributed by atoms with Crippen LogP contribution in [0.2, 0.25) is 0 Å². The third-order valence-electron chi connectivity index (χ3n) is 4.82. The highest BCUT2D eigenvalue weighted by molar-refractivity contribution is 5.93. The smallest absolute Gasteiger partial charge is 0.269 e. The number of para-hydroxylation sites is 1. The second-order valence-corrected chi connectivity index (χ2v) is 8.06. The monoisotopic (exact) mass is 382 g/mol. The SMILES string of the molecule is CC(C)(C)c1ccccc1Nc1ccnc(C(=O)NCCN2CCOCC2)c1. The first-order chi connectivity index (χ1) is 13.4. The summed E-state index contributed by atoms with van der Waals surface area (Å²) in [6.07, 6.45) is 1.67. The lowest BCUT2D eigenvalue weighted by atomic mass is 9.86. The van der Waals surface area contributed by atoms with Gasteiger partial charge in [-0.05, 0) is 29.2 Å². The highest BCUT2D eigenvalue weighted by atomic mass is 16.5. The van der Waals surface area contributed by atoms with Gasteiger partial charge in [-0.2, -0.15) is 0 Å². The fourth-order valence-corrected chi connectivity index (χ4v) is 3.28. The minimum absolute atomic E-state index is 0.0241. The summed E-state index contributed by atoms with van der Waals surface area (Å²) in [5, 5.41) is 6.40. The standard InChI is InChI=1S/C22H30N4O2/c1-22(2,3)18-6-4-5-7-19(18)25-17-8-9-23-20(16-17)21(27)24-10-11-26-12-14-28-15-13-26/h4-9,16H,10-15H2,1-3H3,(H,23,25)(H,24,27). The Bertz CT molecular complexity index is 795. The maximum Gasteiger partial charge on any atom is 0.269 e. The van der Waals surface area contributed by atoms with Crippen molar-refractivity contribution in [3.63, 3.8) is 0 Å². The molecule has 2 heterocycles. The molecule has 1 saturated heterocycles. The number of ether oxygens (including phenoxy) is 1. The molecule has 3 rings (SSSR count). The average molecular weight is 383 g/mol. The predicted octanol–water partition coefficient (Wildman–Crippen LogP) is 3.18. The van der Waals surface area contributed by atoms with Crippen LogP contribution in [0.5, 0.6) is 0 Å². The fraction of sp³-hybridized carbons (Fsp3) is 0.455. The van der Waals surface area contributed by atoms with Crippen LogP contribution in [0.1, 0.15) is 36.8 Å². The quantitative estimate of drug-likeness (QED) is 0.803. The normalized spacial score (nSPS) is 15.2. The van der Waals surface area contributed by atoms with Crippen molar-refractivity contribution < 1.29 is 9.53 Å². The van der Waals surface area contributed by atoms with Gasteiger partial charge >= 0.3 is 0 Å². The van der Waals surface area contributed by atoms with Crippen LogP contribution in [0.3, 0.4) is 0 Å². The van der Waals surface area contributed by atoms with Crippen LogP contribution in [-0.4, -0.2) is 55.2 Å². The van der Waals surface area contributed by atoms with Crippen LogP contribution in [0.25, 0.3) is 0 Å². The number of amides is 1. The number of nitrogens with one attached hydrogen (secondary N) is 2. The Kier molecular flexibility index (Phi) is 6.65. The number of hydrogen-bond donors (Lipinski definition) is 2. The summed E-state index contributed by atoms with van der Waals surface area (Å²) in [7, 11) is 0. The van der Waals surface area contributed by atoms with Gasteiger partial charge in [-0.1, -0.05) is 39.0 Å². The zero-order valence-corrected chi connectivity index (χ0v) is 17.0. The molecule has 2 aromatic rings. The van der Waals surface area contributed by atoms with E-state index in [0.717, 1.165) is 44.2 Å². The number of aromatic nitrogens is 1. The summed E-state index contributed by atoms with van der Waals surface area (Å²) in [6.45, 7) is 11.4. The lowest BCUT2D eigenvalue weighted by Gasteiger charge is -2.26. The van der Waals surface area contributed by atoms with E-state index in [1.165, 1.54) is 5.56 Å². The van der Waals surface area contributed by atoms with Crippen LogP contribution in [0.4, 0.5) is 11.4 Å². The van der Waals surface area contributed by atoms with Gasteiger partial charge in [0, 0.05) is 43.8 Å². The van der Waals surface area contributed by atoms with Crippen molar-refractivity contribution in [1.29, 1.82) is 0 Å². The molecule has 1 aliphatic heterocycles. The molecular formula is C22H30N4O2. The van der Waals surface area contributed by atoms with E-state index in [-0.39, 0.29) is 11.3 Å². The Balaban J connectivity index is 1.62. The van der Waals surface area contributed by atoms with Gasteiger partial charge in [0.15, 0.2) is 0 Å². The molecule has 1 amide bonds. The number of anilines is 2. The molecule has 1 aromatic carbocycles. The zero-order chi connectivity index (χ0) is 20.0. The summed E-state index contributed by atoms with van der Waals surface area (Å²) in [6, 6.07) is 11.9. The maximum atomic E-state index is 12.5. The predicted molar refractivity (Wildman–Crippen MR) is 112 cm³/mol. The molecule has 1 aromatic heterocycles. The highest BCUT2D eigenvalue weighted by Gasteiger charge is 2.18. The molecule has 2 N–H and O–H groups in total. The highest BCUT2D eigenvalue weighted by Crippen LogP contribution is 2.31. The Hall–Kier alpha value is -2.44. The van der Waals surface area contributed by atoms with Crippen molar-refractivity contribution in [3.8, 4) is 0 Å². The van der Waals surface area contributed by atoms with Crippen LogP contribution in [0, 0.1) is 0 Å². The van der Waals surface area contributed by atoms with E-state index in [2.05, 4.69) is 53.4 Å². The van der Waals surface area contributed by atoms with Crippen molar-refractivity contribution in [3.05, 3.63) is 53.9 Å². The molecule has 6 heteroatoms. The lowest BCUT2D eigenvalue weighted by molar-refractivity contribution is 0.0383. The Morgan fingerprint density at radius 1 is 1.18 bits per heavy atom. The molecule has 6 nitrogen and oxygen atoms in total. The molecule has 0 saturated carbocycles. The van der Waals surface area contributed by atoms with Crippen molar-refractivity contribution in [2.75, 3.05) is 44.7 Å². The summed E-state index contributed by atoms with van der Waals surface area (Å²) in [4.78, 5) is 19.0. The zero-order valence-electron chi connectivity index (χ0n) is 17.0. The molecular weight excluding hydrogens is 352 g/mol. The van der Waals surface area contributed by atoms with E-state index < -0.39 is 0 Å². The first-order valence-electron chi connectivity index (χ1n) is 9.84. The Labute approximate surface area is 167 Å². The number of rotatable bonds is 6. The first-order valence-corrected chi connectivity index (χ1v) is 9.84. The number of pyridine rings is 1. The van der Waals surface area contributed by atoms with Gasteiger partial charge in [0.25, 0.3) is 5.91 Å². The molecule has 150 valence electrons. The van der Waals surface area contributed by atoms with Crippen LogP contribution >= 0.6 is 0 Å². The summed E-state index contributed by atoms with van der Waals surface area (Å²) in [5.41, 5.74) is 3.56. The minimum atomic E-state index is -0.152. The molecule has 0 spiro atoms. The number of nitrogens with zero attached hydrogens (tertiary/aromatic N) is 2. The third kappa shape index (κ3) is 5.53. The first kappa shape index (κ1) is 20.3. The number of morpholine rings is 1. The fourth-order valence-electron chi connectivity index (χ4n) is 3.28. The van der Waals surface area contributed by atoms with Crippen LogP contribution in [0.15, 0.2) is 42.6 Å². The van der Waals surface area contributed by atoms with E-state index in [0.29, 0.717) is 12.2 Å². The number of carbonyl (C=O) groups excluding carboxylic acids is 1. The van der Waals surface area contributed by atoms with Gasteiger partial charge in [0.1, 0.15) is 5.69 Å². The van der Waals surface area contributed by atoms with Crippen molar-refractivity contribution in [2.45, 2.75) is 26.2 Å². The lowest BCUT2D eigenvalue weighted by Crippen LogP contribution is -2.41. The average Bonchev–Trinajstić information content (AvgIpc) is 2.68. The van der Waals surface area contributed by atoms with E-state index in [1.54, 1.807) is 12.3 Å². The van der Waals surface area contributed by atoms with Gasteiger partial charge in [-0.15, -0.1) is 0 Å². The van der Waals surface area contributed by atoms with Gasteiger partial charge in [0.05, 0.1) is 13.2 Å². The largest absolute Gasteiger partial charge is 0.379 e. The van der Waals surface area contributed by atoms with Gasteiger partial charge < -0.3 is 15.4 Å². The molecule has 28 heavy (non-hydrogen) atoms. The van der Waals surface area contributed by atoms with Gasteiger partial charge in [-0.3, -0.25) is 14.7 Å². The maximum absolute atomic E-state index is 12.5. The Morgan fingerprint density at radius 2 is 1.93 bits per heavy atom. The van der Waals surface area contributed by atoms with E-state index in [4.69, 9.17) is 4.74 Å². The van der Waals surface area contributed by atoms with E-state index in [1.807, 2.05) is 18.2 Å². The van der Waals surface area contributed by atoms with Gasteiger partial charge in [-0.25, -0.2) is 0 Å². The summed E-state index contributed by atoms with van der Waals surface area (Å²) < 4.78 is 5.34. The van der Waals surface area contributed by atoms with Crippen molar-refractivity contribution in [2.24, 2.45) is 0 Å². The van der Waals surface area contributed by atoms with E-state index >= 15 is 0 Å². The second kappa shape index (κ2) is 9.17. The number of carbonyl (C=O) groups is 1. The van der Waals surface area contributed by atoms with Crippen LogP contribution in [-0.2, 0) is 10.2 Å². The molecule has 0 radical (unpaired) electrons. The topological polar surface area (TPSA) is 66.5 Å². The van der Waals surface area contributed by atoms with Crippen molar-refractivity contribution >= 4 is 17.3 Å². The molecule has 0 unspecified atom stereocenters. The summed E-state index contributed by atoms with van der Waals surface area (Å²) in [5.74, 6) is -0.152. The Morgan fingerprint density at radius 3 is 2.68 bits per heavy atom.